The van der Waals surface area contributed by atoms with Crippen molar-refractivity contribution in [1.82, 2.24) is 9.97 Å². The topological polar surface area (TPSA) is 25.8 Å². The highest BCUT2D eigenvalue weighted by molar-refractivity contribution is 7.99. The molecule has 0 N–H and O–H groups in total. The Morgan fingerprint density at radius 2 is 2.07 bits per heavy atom. The van der Waals surface area contributed by atoms with Crippen LogP contribution in [0.5, 0.6) is 0 Å². The average molecular weight is 237 g/mol. The molecule has 2 aromatic rings. The maximum Gasteiger partial charge on any atom is 0.121 e. The van der Waals surface area contributed by atoms with Crippen LogP contribution in [0.15, 0.2) is 46.7 Å². The van der Waals surface area contributed by atoms with Crippen LogP contribution in [0.25, 0.3) is 0 Å². The van der Waals surface area contributed by atoms with Crippen molar-refractivity contribution >= 4 is 23.4 Å². The first-order valence-electron chi connectivity index (χ1n) is 4.47. The molecule has 0 unspecified atom stereocenters. The lowest BCUT2D eigenvalue weighted by molar-refractivity contribution is 1.08. The van der Waals surface area contributed by atoms with E-state index in [1.807, 2.05) is 31.2 Å². The molecule has 4 heteroatoms. The van der Waals surface area contributed by atoms with Gasteiger partial charge in [0.05, 0.1) is 5.02 Å². The van der Waals surface area contributed by atoms with Crippen molar-refractivity contribution in [3.05, 3.63) is 47.2 Å². The first kappa shape index (κ1) is 10.5. The summed E-state index contributed by atoms with van der Waals surface area (Å²) in [5.74, 6) is 0. The van der Waals surface area contributed by atoms with E-state index in [0.29, 0.717) is 5.02 Å². The molecule has 0 saturated heterocycles. The summed E-state index contributed by atoms with van der Waals surface area (Å²) in [5, 5.41) is 2.36. The quantitative estimate of drug-likeness (QED) is 0.797. The average Bonchev–Trinajstić information content (AvgIpc) is 2.22. The van der Waals surface area contributed by atoms with E-state index in [1.165, 1.54) is 17.3 Å². The summed E-state index contributed by atoms with van der Waals surface area (Å²) in [6.07, 6.45) is 3.51. The van der Waals surface area contributed by atoms with Crippen molar-refractivity contribution in [3.63, 3.8) is 0 Å². The Kier molecular flexibility index (Phi) is 3.23. The van der Waals surface area contributed by atoms with E-state index in [4.69, 9.17) is 11.6 Å². The molecule has 0 aliphatic rings. The Labute approximate surface area is 97.7 Å². The SMILES string of the molecule is Cc1ccnc(Sc2ncccc2Cl)c1. The number of aromatic nitrogens is 2. The van der Waals surface area contributed by atoms with Crippen molar-refractivity contribution in [3.8, 4) is 0 Å². The maximum absolute atomic E-state index is 6.00. The Morgan fingerprint density at radius 3 is 2.80 bits per heavy atom. The number of hydrogen-bond acceptors (Lipinski definition) is 3. The summed E-state index contributed by atoms with van der Waals surface area (Å²) in [6.45, 7) is 2.03. The second-order valence-electron chi connectivity index (χ2n) is 3.06. The van der Waals surface area contributed by atoms with Gasteiger partial charge in [0, 0.05) is 12.4 Å². The van der Waals surface area contributed by atoms with Gasteiger partial charge in [-0.1, -0.05) is 11.6 Å². The van der Waals surface area contributed by atoms with Gasteiger partial charge in [0.2, 0.25) is 0 Å². The summed E-state index contributed by atoms with van der Waals surface area (Å²) in [5.41, 5.74) is 1.18. The van der Waals surface area contributed by atoms with Gasteiger partial charge in [0.25, 0.3) is 0 Å². The number of hydrogen-bond donors (Lipinski definition) is 0. The fourth-order valence-electron chi connectivity index (χ4n) is 1.11. The van der Waals surface area contributed by atoms with Gasteiger partial charge in [0.15, 0.2) is 0 Å². The first-order valence-corrected chi connectivity index (χ1v) is 5.66. The van der Waals surface area contributed by atoms with E-state index in [9.17, 15) is 0 Å². The predicted octanol–water partition coefficient (Wildman–Crippen LogP) is 3.59. The molecular weight excluding hydrogens is 228 g/mol. The normalized spacial score (nSPS) is 10.3. The molecule has 0 fully saturated rings. The van der Waals surface area contributed by atoms with Crippen LogP contribution in [-0.2, 0) is 0 Å². The zero-order chi connectivity index (χ0) is 10.7. The minimum atomic E-state index is 0.658. The van der Waals surface area contributed by atoms with E-state index in [-0.39, 0.29) is 0 Å². The zero-order valence-electron chi connectivity index (χ0n) is 8.14. The molecule has 0 spiro atoms. The minimum Gasteiger partial charge on any atom is -0.250 e. The van der Waals surface area contributed by atoms with Crippen molar-refractivity contribution in [2.24, 2.45) is 0 Å². The fourth-order valence-corrected chi connectivity index (χ4v) is 2.18. The summed E-state index contributed by atoms with van der Waals surface area (Å²) in [4.78, 5) is 8.43. The van der Waals surface area contributed by atoms with E-state index in [0.717, 1.165) is 10.1 Å². The van der Waals surface area contributed by atoms with Gasteiger partial charge in [-0.25, -0.2) is 9.97 Å². The molecular formula is C11H9ClN2S. The highest BCUT2D eigenvalue weighted by atomic mass is 35.5. The van der Waals surface area contributed by atoms with Crippen LogP contribution in [0.3, 0.4) is 0 Å². The number of halogens is 1. The highest BCUT2D eigenvalue weighted by Crippen LogP contribution is 2.29. The van der Waals surface area contributed by atoms with Gasteiger partial charge in [0.1, 0.15) is 10.1 Å². The van der Waals surface area contributed by atoms with Crippen LogP contribution in [-0.4, -0.2) is 9.97 Å². The number of pyridine rings is 2. The summed E-state index contributed by atoms with van der Waals surface area (Å²) < 4.78 is 0. The molecule has 0 aliphatic carbocycles. The molecule has 2 nitrogen and oxygen atoms in total. The summed E-state index contributed by atoms with van der Waals surface area (Å²) >= 11 is 7.48. The molecule has 15 heavy (non-hydrogen) atoms. The lowest BCUT2D eigenvalue weighted by Crippen LogP contribution is -1.84. The molecule has 0 bridgehead atoms. The summed E-state index contributed by atoms with van der Waals surface area (Å²) in [7, 11) is 0. The smallest absolute Gasteiger partial charge is 0.121 e. The van der Waals surface area contributed by atoms with Crippen LogP contribution in [0.4, 0.5) is 0 Å². The monoisotopic (exact) mass is 236 g/mol. The van der Waals surface area contributed by atoms with Crippen molar-refractivity contribution < 1.29 is 0 Å². The molecule has 0 amide bonds. The van der Waals surface area contributed by atoms with E-state index < -0.39 is 0 Å². The van der Waals surface area contributed by atoms with Crippen LogP contribution in [0.2, 0.25) is 5.02 Å². The predicted molar refractivity (Wildman–Crippen MR) is 62.3 cm³/mol. The lowest BCUT2D eigenvalue weighted by atomic mass is 10.3. The molecule has 2 rings (SSSR count). The third kappa shape index (κ3) is 2.70. The Bertz CT molecular complexity index is 474. The molecule has 0 aliphatic heterocycles. The van der Waals surface area contributed by atoms with E-state index >= 15 is 0 Å². The number of aryl methyl sites for hydroxylation is 1. The molecule has 2 heterocycles. The van der Waals surface area contributed by atoms with Gasteiger partial charge in [-0.3, -0.25) is 0 Å². The molecule has 0 radical (unpaired) electrons. The molecule has 2 aromatic heterocycles. The van der Waals surface area contributed by atoms with Crippen LogP contribution >= 0.6 is 23.4 Å². The second kappa shape index (κ2) is 4.64. The van der Waals surface area contributed by atoms with Gasteiger partial charge in [-0.2, -0.15) is 0 Å². The van der Waals surface area contributed by atoms with Crippen molar-refractivity contribution in [1.29, 1.82) is 0 Å². The van der Waals surface area contributed by atoms with E-state index in [2.05, 4.69) is 9.97 Å². The lowest BCUT2D eigenvalue weighted by Gasteiger charge is -2.02. The van der Waals surface area contributed by atoms with Crippen LogP contribution in [0.1, 0.15) is 5.56 Å². The standard InChI is InChI=1S/C11H9ClN2S/c1-8-4-6-13-10(7-8)15-11-9(12)3-2-5-14-11/h2-7H,1H3. The zero-order valence-corrected chi connectivity index (χ0v) is 9.72. The van der Waals surface area contributed by atoms with Gasteiger partial charge < -0.3 is 0 Å². The Morgan fingerprint density at radius 1 is 1.20 bits per heavy atom. The molecule has 0 atom stereocenters. The Balaban J connectivity index is 2.26. The van der Waals surface area contributed by atoms with Crippen molar-refractivity contribution in [2.75, 3.05) is 0 Å². The molecule has 0 saturated carbocycles. The van der Waals surface area contributed by atoms with Gasteiger partial charge in [-0.05, 0) is 48.5 Å². The van der Waals surface area contributed by atoms with Crippen molar-refractivity contribution in [2.45, 2.75) is 17.0 Å². The van der Waals surface area contributed by atoms with Crippen LogP contribution in [0, 0.1) is 6.92 Å². The third-order valence-electron chi connectivity index (χ3n) is 1.82. The fraction of sp³-hybridized carbons (Fsp3) is 0.0909. The second-order valence-corrected chi connectivity index (χ2v) is 4.48. The summed E-state index contributed by atoms with van der Waals surface area (Å²) in [6, 6.07) is 7.61. The minimum absolute atomic E-state index is 0.658. The maximum atomic E-state index is 6.00. The number of rotatable bonds is 2. The van der Waals surface area contributed by atoms with Gasteiger partial charge in [-0.15, -0.1) is 0 Å². The number of nitrogens with zero attached hydrogens (tertiary/aromatic N) is 2. The largest absolute Gasteiger partial charge is 0.250 e. The highest BCUT2D eigenvalue weighted by Gasteiger charge is 2.04. The Hall–Kier alpha value is -1.06. The molecule has 0 aromatic carbocycles. The van der Waals surface area contributed by atoms with E-state index in [1.54, 1.807) is 12.4 Å². The third-order valence-corrected chi connectivity index (χ3v) is 3.18. The van der Waals surface area contributed by atoms with Gasteiger partial charge >= 0.3 is 0 Å². The first-order chi connectivity index (χ1) is 7.25. The molecule has 76 valence electrons. The van der Waals surface area contributed by atoms with Crippen LogP contribution < -0.4 is 0 Å².